The molecule has 0 radical (unpaired) electrons. The van der Waals surface area contributed by atoms with Gasteiger partial charge in [0.05, 0.1) is 17.8 Å². The Morgan fingerprint density at radius 3 is 2.60 bits per heavy atom. The van der Waals surface area contributed by atoms with Gasteiger partial charge < -0.3 is 4.74 Å². The molecular formula is C19H21ClN4O. The Labute approximate surface area is 152 Å². The minimum atomic E-state index is -0.162. The molecule has 0 amide bonds. The topological polar surface area (TPSA) is 51.2 Å². The molecule has 5 nitrogen and oxygen atoms in total. The van der Waals surface area contributed by atoms with Gasteiger partial charge in [-0.3, -0.25) is 4.40 Å². The summed E-state index contributed by atoms with van der Waals surface area (Å²) in [6, 6.07) is 9.32. The van der Waals surface area contributed by atoms with Gasteiger partial charge in [0.25, 0.3) is 0 Å². The first-order valence-corrected chi connectivity index (χ1v) is 8.42. The normalized spacial score (nSPS) is 12.2. The monoisotopic (exact) mass is 356 g/mol. The number of nitrogens with zero attached hydrogens (tertiary/aromatic N) is 4. The third-order valence-electron chi connectivity index (χ3n) is 3.94. The molecule has 3 aromatic rings. The molecule has 0 N–H and O–H groups in total. The summed E-state index contributed by atoms with van der Waals surface area (Å²) in [5.74, 6) is 1.40. The third-order valence-corrected chi connectivity index (χ3v) is 4.26. The number of hydrogen-bond donors (Lipinski definition) is 0. The fraction of sp³-hybridized carbons (Fsp3) is 0.316. The molecule has 1 aromatic carbocycles. The number of rotatable bonds is 3. The van der Waals surface area contributed by atoms with E-state index in [1.54, 1.807) is 25.3 Å². The highest BCUT2D eigenvalue weighted by Crippen LogP contribution is 2.35. The van der Waals surface area contributed by atoms with Crippen molar-refractivity contribution in [3.8, 4) is 5.75 Å². The van der Waals surface area contributed by atoms with Crippen LogP contribution in [0.1, 0.15) is 32.0 Å². The Balaban J connectivity index is 2.17. The summed E-state index contributed by atoms with van der Waals surface area (Å²) in [7, 11) is 1.61. The molecule has 2 heterocycles. The maximum atomic E-state index is 6.23. The number of benzene rings is 1. The highest BCUT2D eigenvalue weighted by Gasteiger charge is 2.24. The van der Waals surface area contributed by atoms with Gasteiger partial charge in [-0.2, -0.15) is 0 Å². The molecule has 0 bridgehead atoms. The molecule has 0 unspecified atom stereocenters. The first-order chi connectivity index (χ1) is 11.8. The van der Waals surface area contributed by atoms with E-state index in [1.807, 2.05) is 29.7 Å². The Bertz CT molecular complexity index is 954. The summed E-state index contributed by atoms with van der Waals surface area (Å²) in [6.07, 6.45) is 1.95. The van der Waals surface area contributed by atoms with E-state index < -0.39 is 0 Å². The third kappa shape index (κ3) is 3.37. The van der Waals surface area contributed by atoms with Crippen LogP contribution in [0.2, 0.25) is 5.02 Å². The second-order valence-electron chi connectivity index (χ2n) is 6.94. The standard InChI is InChI=1S/C19H21ClN4O/c1-12-7-6-10-24-17(12)21-16(19(2,3)4)18(24)23-22-15-11-13(25-5)8-9-14(15)20/h6-11H,1-5H3. The minimum Gasteiger partial charge on any atom is -0.497 e. The van der Waals surface area contributed by atoms with Crippen molar-refractivity contribution in [1.29, 1.82) is 0 Å². The summed E-state index contributed by atoms with van der Waals surface area (Å²) >= 11 is 6.23. The van der Waals surface area contributed by atoms with E-state index >= 15 is 0 Å². The van der Waals surface area contributed by atoms with E-state index in [9.17, 15) is 0 Å². The van der Waals surface area contributed by atoms with E-state index in [0.717, 1.165) is 16.9 Å². The molecule has 6 heteroatoms. The minimum absolute atomic E-state index is 0.162. The second-order valence-corrected chi connectivity index (χ2v) is 7.34. The Morgan fingerprint density at radius 2 is 1.92 bits per heavy atom. The number of imidazole rings is 1. The number of aryl methyl sites for hydroxylation is 1. The van der Waals surface area contributed by atoms with Crippen LogP contribution in [0, 0.1) is 6.92 Å². The van der Waals surface area contributed by atoms with Gasteiger partial charge in [0.2, 0.25) is 0 Å². The van der Waals surface area contributed by atoms with Crippen LogP contribution in [-0.2, 0) is 5.41 Å². The van der Waals surface area contributed by atoms with Gasteiger partial charge in [-0.1, -0.05) is 38.4 Å². The predicted octanol–water partition coefficient (Wildman–Crippen LogP) is 6.02. The van der Waals surface area contributed by atoms with Gasteiger partial charge in [0, 0.05) is 17.7 Å². The van der Waals surface area contributed by atoms with E-state index in [-0.39, 0.29) is 5.41 Å². The number of fused-ring (bicyclic) bond motifs is 1. The Hall–Kier alpha value is -2.40. The lowest BCUT2D eigenvalue weighted by molar-refractivity contribution is 0.415. The van der Waals surface area contributed by atoms with Crippen LogP contribution in [-0.4, -0.2) is 16.5 Å². The van der Waals surface area contributed by atoms with Gasteiger partial charge in [-0.05, 0) is 30.7 Å². The van der Waals surface area contributed by atoms with Crippen molar-refractivity contribution >= 4 is 28.8 Å². The van der Waals surface area contributed by atoms with E-state index in [4.69, 9.17) is 21.3 Å². The lowest BCUT2D eigenvalue weighted by Crippen LogP contribution is -2.11. The van der Waals surface area contributed by atoms with Crippen LogP contribution in [0.4, 0.5) is 11.5 Å². The Morgan fingerprint density at radius 1 is 1.16 bits per heavy atom. The number of ether oxygens (including phenoxy) is 1. The van der Waals surface area contributed by atoms with E-state index in [0.29, 0.717) is 22.3 Å². The number of azo groups is 1. The van der Waals surface area contributed by atoms with Crippen molar-refractivity contribution in [2.45, 2.75) is 33.1 Å². The highest BCUT2D eigenvalue weighted by molar-refractivity contribution is 6.33. The lowest BCUT2D eigenvalue weighted by atomic mass is 9.92. The molecule has 0 atom stereocenters. The zero-order valence-electron chi connectivity index (χ0n) is 15.0. The van der Waals surface area contributed by atoms with Crippen molar-refractivity contribution in [3.05, 3.63) is 52.8 Å². The first kappa shape index (κ1) is 17.4. The molecule has 0 aliphatic heterocycles. The van der Waals surface area contributed by atoms with Gasteiger partial charge in [0.1, 0.15) is 17.1 Å². The maximum Gasteiger partial charge on any atom is 0.183 e. The van der Waals surface area contributed by atoms with Crippen LogP contribution in [0.5, 0.6) is 5.75 Å². The molecule has 130 valence electrons. The molecule has 0 aliphatic rings. The number of aromatic nitrogens is 2. The average Bonchev–Trinajstić information content (AvgIpc) is 2.94. The fourth-order valence-electron chi connectivity index (χ4n) is 2.59. The summed E-state index contributed by atoms with van der Waals surface area (Å²) < 4.78 is 7.20. The summed E-state index contributed by atoms with van der Waals surface area (Å²) in [4.78, 5) is 4.80. The van der Waals surface area contributed by atoms with Crippen LogP contribution < -0.4 is 4.74 Å². The largest absolute Gasteiger partial charge is 0.497 e. The van der Waals surface area contributed by atoms with Crippen molar-refractivity contribution in [2.75, 3.05) is 7.11 Å². The van der Waals surface area contributed by atoms with Crippen LogP contribution in [0.15, 0.2) is 46.8 Å². The van der Waals surface area contributed by atoms with Crippen molar-refractivity contribution < 1.29 is 4.74 Å². The zero-order chi connectivity index (χ0) is 18.2. The lowest BCUT2D eigenvalue weighted by Gasteiger charge is -2.15. The maximum absolute atomic E-state index is 6.23. The van der Waals surface area contributed by atoms with E-state index in [1.165, 1.54) is 0 Å². The average molecular weight is 357 g/mol. The van der Waals surface area contributed by atoms with Gasteiger partial charge in [-0.25, -0.2) is 4.98 Å². The van der Waals surface area contributed by atoms with Gasteiger partial charge in [0.15, 0.2) is 5.82 Å². The summed E-state index contributed by atoms with van der Waals surface area (Å²) in [6.45, 7) is 8.37. The number of methoxy groups -OCH3 is 1. The van der Waals surface area contributed by atoms with Gasteiger partial charge >= 0.3 is 0 Å². The van der Waals surface area contributed by atoms with Crippen LogP contribution >= 0.6 is 11.6 Å². The highest BCUT2D eigenvalue weighted by atomic mass is 35.5. The molecule has 0 spiro atoms. The van der Waals surface area contributed by atoms with Crippen LogP contribution in [0.25, 0.3) is 5.65 Å². The van der Waals surface area contributed by atoms with Crippen molar-refractivity contribution in [3.63, 3.8) is 0 Å². The fourth-order valence-corrected chi connectivity index (χ4v) is 2.74. The molecule has 3 rings (SSSR count). The van der Waals surface area contributed by atoms with Crippen molar-refractivity contribution in [2.24, 2.45) is 10.2 Å². The quantitative estimate of drug-likeness (QED) is 0.539. The molecule has 0 saturated carbocycles. The van der Waals surface area contributed by atoms with Crippen molar-refractivity contribution in [1.82, 2.24) is 9.38 Å². The number of pyridine rings is 1. The first-order valence-electron chi connectivity index (χ1n) is 8.04. The van der Waals surface area contributed by atoms with Gasteiger partial charge in [-0.15, -0.1) is 10.2 Å². The predicted molar refractivity (Wildman–Crippen MR) is 101 cm³/mol. The zero-order valence-corrected chi connectivity index (χ0v) is 15.8. The molecule has 2 aromatic heterocycles. The molecule has 0 saturated heterocycles. The molecule has 0 aliphatic carbocycles. The summed E-state index contributed by atoms with van der Waals surface area (Å²) in [5, 5.41) is 9.38. The SMILES string of the molecule is COc1ccc(Cl)c(N=Nc2c(C(C)(C)C)nc3c(C)cccn23)c1. The van der Waals surface area contributed by atoms with E-state index in [2.05, 4.69) is 31.0 Å². The summed E-state index contributed by atoms with van der Waals surface area (Å²) in [5.41, 5.74) is 3.27. The molecule has 0 fully saturated rings. The Kier molecular flexibility index (Phi) is 4.52. The molecule has 25 heavy (non-hydrogen) atoms. The smallest absolute Gasteiger partial charge is 0.183 e. The number of hydrogen-bond acceptors (Lipinski definition) is 4. The van der Waals surface area contributed by atoms with Crippen LogP contribution in [0.3, 0.4) is 0 Å². The molecular weight excluding hydrogens is 336 g/mol. The number of halogens is 1. The second kappa shape index (κ2) is 6.48.